The molecule has 0 aliphatic carbocycles. The summed E-state index contributed by atoms with van der Waals surface area (Å²) < 4.78 is 31.6. The maximum absolute atomic E-state index is 12.5. The summed E-state index contributed by atoms with van der Waals surface area (Å²) in [6.07, 6.45) is 4.46. The van der Waals surface area contributed by atoms with Crippen LogP contribution in [0.4, 0.5) is 5.82 Å². The standard InChI is InChI=1S/C14H23N3O3S/c1-12(20-2)10-15-14-7-6-13(11-16-14)21(18,19)17-8-4-3-5-9-17/h6-7,11-12H,3-5,8-10H2,1-2H3,(H,15,16). The minimum Gasteiger partial charge on any atom is -0.380 e. The number of ether oxygens (including phenoxy) is 1. The minimum absolute atomic E-state index is 0.0727. The molecule has 118 valence electrons. The average Bonchev–Trinajstić information content (AvgIpc) is 2.53. The molecule has 2 rings (SSSR count). The van der Waals surface area contributed by atoms with Crippen LogP contribution in [0, 0.1) is 0 Å². The molecule has 1 atom stereocenters. The summed E-state index contributed by atoms with van der Waals surface area (Å²) in [6, 6.07) is 3.30. The van der Waals surface area contributed by atoms with Crippen molar-refractivity contribution in [2.45, 2.75) is 37.2 Å². The molecule has 1 unspecified atom stereocenters. The Morgan fingerprint density at radius 1 is 1.33 bits per heavy atom. The van der Waals surface area contributed by atoms with Gasteiger partial charge in [-0.05, 0) is 31.9 Å². The van der Waals surface area contributed by atoms with Crippen molar-refractivity contribution in [3.8, 4) is 0 Å². The van der Waals surface area contributed by atoms with Crippen molar-refractivity contribution in [2.75, 3.05) is 32.1 Å². The van der Waals surface area contributed by atoms with Crippen LogP contribution in [-0.2, 0) is 14.8 Å². The number of hydrogen-bond acceptors (Lipinski definition) is 5. The number of nitrogens with zero attached hydrogens (tertiary/aromatic N) is 2. The third kappa shape index (κ3) is 4.15. The van der Waals surface area contributed by atoms with Crippen LogP contribution in [0.25, 0.3) is 0 Å². The van der Waals surface area contributed by atoms with Crippen molar-refractivity contribution in [3.63, 3.8) is 0 Å². The van der Waals surface area contributed by atoms with Gasteiger partial charge < -0.3 is 10.1 Å². The Morgan fingerprint density at radius 3 is 2.62 bits per heavy atom. The Kier molecular flexibility index (Phi) is 5.55. The van der Waals surface area contributed by atoms with Gasteiger partial charge in [0.1, 0.15) is 10.7 Å². The highest BCUT2D eigenvalue weighted by Crippen LogP contribution is 2.20. The molecule has 1 aliphatic heterocycles. The van der Waals surface area contributed by atoms with E-state index in [1.54, 1.807) is 23.5 Å². The van der Waals surface area contributed by atoms with E-state index in [4.69, 9.17) is 4.74 Å². The van der Waals surface area contributed by atoms with Gasteiger partial charge in [0.15, 0.2) is 0 Å². The van der Waals surface area contributed by atoms with Gasteiger partial charge >= 0.3 is 0 Å². The molecule has 6 nitrogen and oxygen atoms in total. The quantitative estimate of drug-likeness (QED) is 0.865. The molecule has 1 saturated heterocycles. The lowest BCUT2D eigenvalue weighted by Crippen LogP contribution is -2.35. The summed E-state index contributed by atoms with van der Waals surface area (Å²) in [6.45, 7) is 3.78. The summed E-state index contributed by atoms with van der Waals surface area (Å²) in [7, 11) is -1.75. The molecule has 1 aromatic rings. The summed E-state index contributed by atoms with van der Waals surface area (Å²) in [5.74, 6) is 0.650. The second-order valence-electron chi connectivity index (χ2n) is 5.27. The Balaban J connectivity index is 2.03. The van der Waals surface area contributed by atoms with Gasteiger partial charge in [-0.15, -0.1) is 0 Å². The van der Waals surface area contributed by atoms with E-state index in [0.29, 0.717) is 25.5 Å². The molecule has 7 heteroatoms. The molecule has 0 radical (unpaired) electrons. The predicted molar refractivity (Wildman–Crippen MR) is 81.8 cm³/mol. The van der Waals surface area contributed by atoms with Crippen LogP contribution in [0.15, 0.2) is 23.2 Å². The van der Waals surface area contributed by atoms with Gasteiger partial charge in [0, 0.05) is 32.9 Å². The molecule has 1 fully saturated rings. The van der Waals surface area contributed by atoms with E-state index in [2.05, 4.69) is 10.3 Å². The fraction of sp³-hybridized carbons (Fsp3) is 0.643. The first-order chi connectivity index (χ1) is 10.0. The number of hydrogen-bond donors (Lipinski definition) is 1. The summed E-state index contributed by atoms with van der Waals surface area (Å²) in [5.41, 5.74) is 0. The lowest BCUT2D eigenvalue weighted by atomic mass is 10.2. The van der Waals surface area contributed by atoms with Gasteiger partial charge in [-0.3, -0.25) is 0 Å². The summed E-state index contributed by atoms with van der Waals surface area (Å²) >= 11 is 0. The van der Waals surface area contributed by atoms with E-state index >= 15 is 0 Å². The monoisotopic (exact) mass is 313 g/mol. The first-order valence-corrected chi connectivity index (χ1v) is 8.71. The molecule has 0 bridgehead atoms. The number of aromatic nitrogens is 1. The molecule has 0 aromatic carbocycles. The molecular weight excluding hydrogens is 290 g/mol. The third-order valence-electron chi connectivity index (χ3n) is 3.66. The van der Waals surface area contributed by atoms with Crippen molar-refractivity contribution < 1.29 is 13.2 Å². The largest absolute Gasteiger partial charge is 0.380 e. The van der Waals surface area contributed by atoms with Gasteiger partial charge in [-0.25, -0.2) is 13.4 Å². The lowest BCUT2D eigenvalue weighted by molar-refractivity contribution is 0.128. The molecule has 1 aromatic heterocycles. The third-order valence-corrected chi connectivity index (χ3v) is 5.54. The molecular formula is C14H23N3O3S. The van der Waals surface area contributed by atoms with E-state index in [-0.39, 0.29) is 11.0 Å². The number of pyridine rings is 1. The van der Waals surface area contributed by atoms with E-state index in [1.807, 2.05) is 6.92 Å². The number of methoxy groups -OCH3 is 1. The number of sulfonamides is 1. The number of anilines is 1. The maximum atomic E-state index is 12.5. The van der Waals surface area contributed by atoms with Crippen LogP contribution in [-0.4, -0.2) is 50.6 Å². The fourth-order valence-electron chi connectivity index (χ4n) is 2.22. The van der Waals surface area contributed by atoms with Crippen LogP contribution >= 0.6 is 0 Å². The summed E-state index contributed by atoms with van der Waals surface area (Å²) in [5, 5.41) is 3.11. The van der Waals surface area contributed by atoms with Crippen LogP contribution in [0.1, 0.15) is 26.2 Å². The van der Waals surface area contributed by atoms with Crippen molar-refractivity contribution in [1.29, 1.82) is 0 Å². The van der Waals surface area contributed by atoms with Crippen LogP contribution < -0.4 is 5.32 Å². The highest BCUT2D eigenvalue weighted by atomic mass is 32.2. The fourth-order valence-corrected chi connectivity index (χ4v) is 3.69. The van der Waals surface area contributed by atoms with Crippen molar-refractivity contribution in [2.24, 2.45) is 0 Å². The molecule has 2 heterocycles. The van der Waals surface area contributed by atoms with E-state index < -0.39 is 10.0 Å². The molecule has 0 spiro atoms. The van der Waals surface area contributed by atoms with Crippen LogP contribution in [0.3, 0.4) is 0 Å². The van der Waals surface area contributed by atoms with Crippen molar-refractivity contribution in [3.05, 3.63) is 18.3 Å². The lowest BCUT2D eigenvalue weighted by Gasteiger charge is -2.25. The first kappa shape index (κ1) is 16.2. The average molecular weight is 313 g/mol. The number of nitrogens with one attached hydrogen (secondary N) is 1. The van der Waals surface area contributed by atoms with E-state index in [0.717, 1.165) is 19.3 Å². The Labute approximate surface area is 126 Å². The van der Waals surface area contributed by atoms with Gasteiger partial charge in [0.2, 0.25) is 10.0 Å². The van der Waals surface area contributed by atoms with Gasteiger partial charge in [0.25, 0.3) is 0 Å². The van der Waals surface area contributed by atoms with E-state index in [1.165, 1.54) is 6.20 Å². The Hall–Kier alpha value is -1.18. The van der Waals surface area contributed by atoms with Crippen molar-refractivity contribution in [1.82, 2.24) is 9.29 Å². The molecule has 1 N–H and O–H groups in total. The first-order valence-electron chi connectivity index (χ1n) is 7.27. The van der Waals surface area contributed by atoms with E-state index in [9.17, 15) is 8.42 Å². The highest BCUT2D eigenvalue weighted by Gasteiger charge is 2.26. The zero-order valence-electron chi connectivity index (χ0n) is 12.6. The molecule has 0 saturated carbocycles. The Morgan fingerprint density at radius 2 is 2.05 bits per heavy atom. The maximum Gasteiger partial charge on any atom is 0.244 e. The van der Waals surface area contributed by atoms with Gasteiger partial charge in [-0.2, -0.15) is 4.31 Å². The molecule has 0 amide bonds. The minimum atomic E-state index is -3.40. The normalized spacial score (nSPS) is 18.4. The van der Waals surface area contributed by atoms with Crippen LogP contribution in [0.5, 0.6) is 0 Å². The second kappa shape index (κ2) is 7.20. The predicted octanol–water partition coefficient (Wildman–Crippen LogP) is 1.70. The highest BCUT2D eigenvalue weighted by molar-refractivity contribution is 7.89. The smallest absolute Gasteiger partial charge is 0.244 e. The topological polar surface area (TPSA) is 71.5 Å². The summed E-state index contributed by atoms with van der Waals surface area (Å²) in [4.78, 5) is 4.43. The molecule has 21 heavy (non-hydrogen) atoms. The zero-order valence-corrected chi connectivity index (χ0v) is 13.4. The van der Waals surface area contributed by atoms with Gasteiger partial charge in [-0.1, -0.05) is 6.42 Å². The Bertz CT molecular complexity index is 539. The van der Waals surface area contributed by atoms with Crippen LogP contribution in [0.2, 0.25) is 0 Å². The number of rotatable bonds is 6. The van der Waals surface area contributed by atoms with Gasteiger partial charge in [0.05, 0.1) is 6.10 Å². The number of piperidine rings is 1. The van der Waals surface area contributed by atoms with Crippen molar-refractivity contribution >= 4 is 15.8 Å². The SMILES string of the molecule is COC(C)CNc1ccc(S(=O)(=O)N2CCCCC2)cn1. The second-order valence-corrected chi connectivity index (χ2v) is 7.21. The zero-order chi connectivity index (χ0) is 15.3. The molecule has 1 aliphatic rings.